The highest BCUT2D eigenvalue weighted by atomic mass is 15.0. The van der Waals surface area contributed by atoms with Crippen LogP contribution in [0.3, 0.4) is 0 Å². The van der Waals surface area contributed by atoms with E-state index in [1.165, 1.54) is 55.2 Å². The first-order chi connectivity index (χ1) is 16.4. The van der Waals surface area contributed by atoms with Gasteiger partial charge in [0.2, 0.25) is 0 Å². The van der Waals surface area contributed by atoms with Gasteiger partial charge in [0, 0.05) is 28.7 Å². The Bertz CT molecular complexity index is 1630. The lowest BCUT2D eigenvalue weighted by molar-refractivity contribution is 0.762. The van der Waals surface area contributed by atoms with Crippen molar-refractivity contribution in [1.29, 1.82) is 0 Å². The molecule has 0 aliphatic heterocycles. The van der Waals surface area contributed by atoms with Crippen LogP contribution < -0.4 is 0 Å². The highest BCUT2D eigenvalue weighted by Gasteiger charge is 2.36. The maximum atomic E-state index is 2.56. The first-order valence-corrected chi connectivity index (χ1v) is 11.6. The molecule has 0 radical (unpaired) electrons. The van der Waals surface area contributed by atoms with E-state index in [1.54, 1.807) is 0 Å². The zero-order valence-electron chi connectivity index (χ0n) is 18.3. The maximum Gasteiger partial charge on any atom is 0.0511 e. The van der Waals surface area contributed by atoms with Gasteiger partial charge in [0.25, 0.3) is 0 Å². The SMILES string of the molecule is c1ccc(Cn2c3c(c4ccccc42)-c2ccccc2C3c2cccc3ccccc23)cc1. The van der Waals surface area contributed by atoms with Crippen LogP contribution in [0, 0.1) is 0 Å². The van der Waals surface area contributed by atoms with Crippen molar-refractivity contribution in [3.05, 3.63) is 144 Å². The summed E-state index contributed by atoms with van der Waals surface area (Å²) in [5, 5.41) is 3.98. The van der Waals surface area contributed by atoms with Crippen molar-refractivity contribution in [3.8, 4) is 11.1 Å². The second kappa shape index (κ2) is 7.21. The molecule has 0 N–H and O–H groups in total. The number of fused-ring (bicyclic) bond motifs is 6. The average molecular weight is 422 g/mol. The molecule has 0 fully saturated rings. The lowest BCUT2D eigenvalue weighted by Gasteiger charge is -2.20. The molecule has 5 aromatic carbocycles. The van der Waals surface area contributed by atoms with E-state index >= 15 is 0 Å². The fraction of sp³-hybridized carbons (Fsp3) is 0.0625. The highest BCUT2D eigenvalue weighted by molar-refractivity contribution is 6.03. The average Bonchev–Trinajstić information content (AvgIpc) is 3.38. The van der Waals surface area contributed by atoms with Crippen LogP contribution in [0.2, 0.25) is 0 Å². The zero-order valence-corrected chi connectivity index (χ0v) is 18.3. The van der Waals surface area contributed by atoms with Gasteiger partial charge in [-0.05, 0) is 39.1 Å². The van der Waals surface area contributed by atoms with Gasteiger partial charge in [-0.1, -0.05) is 115 Å². The summed E-state index contributed by atoms with van der Waals surface area (Å²) in [6.45, 7) is 0.867. The predicted octanol–water partition coefficient (Wildman–Crippen LogP) is 8.00. The Kier molecular flexibility index (Phi) is 4.04. The van der Waals surface area contributed by atoms with Gasteiger partial charge in [-0.15, -0.1) is 0 Å². The van der Waals surface area contributed by atoms with Gasteiger partial charge in [0.05, 0.1) is 5.92 Å². The van der Waals surface area contributed by atoms with Crippen LogP contribution in [0.15, 0.2) is 121 Å². The van der Waals surface area contributed by atoms with Crippen molar-refractivity contribution in [1.82, 2.24) is 4.57 Å². The second-order valence-electron chi connectivity index (χ2n) is 8.94. The number of hydrogen-bond donors (Lipinski definition) is 0. The maximum absolute atomic E-state index is 2.56. The number of nitrogens with zero attached hydrogens (tertiary/aromatic N) is 1. The standard InChI is InChI=1S/C32H23N/c1-2-11-22(12-3-1)21-33-29-20-9-8-18-28(29)31-27-17-7-6-16-26(27)30(32(31)33)25-19-10-14-23-13-4-5-15-24(23)25/h1-20,30H,21H2. The lowest BCUT2D eigenvalue weighted by atomic mass is 9.88. The molecular weight excluding hydrogens is 398 g/mol. The third kappa shape index (κ3) is 2.72. The number of aromatic nitrogens is 1. The summed E-state index contributed by atoms with van der Waals surface area (Å²) in [5.74, 6) is 0.207. The first-order valence-electron chi connectivity index (χ1n) is 11.6. The molecule has 1 nitrogen and oxygen atoms in total. The minimum absolute atomic E-state index is 0.207. The molecule has 0 amide bonds. The van der Waals surface area contributed by atoms with Gasteiger partial charge in [0.1, 0.15) is 0 Å². The van der Waals surface area contributed by atoms with Gasteiger partial charge >= 0.3 is 0 Å². The molecular formula is C32H23N. The molecule has 0 bridgehead atoms. The molecule has 7 rings (SSSR count). The quantitative estimate of drug-likeness (QED) is 0.272. The molecule has 1 atom stereocenters. The van der Waals surface area contributed by atoms with Crippen molar-refractivity contribution in [3.63, 3.8) is 0 Å². The Morgan fingerprint density at radius 2 is 1.21 bits per heavy atom. The van der Waals surface area contributed by atoms with E-state index in [0.717, 1.165) is 6.54 Å². The lowest BCUT2D eigenvalue weighted by Crippen LogP contribution is -2.10. The van der Waals surface area contributed by atoms with Crippen molar-refractivity contribution in [2.24, 2.45) is 0 Å². The summed E-state index contributed by atoms with van der Waals surface area (Å²) in [6, 6.07) is 44.3. The van der Waals surface area contributed by atoms with E-state index in [1.807, 2.05) is 0 Å². The van der Waals surface area contributed by atoms with E-state index < -0.39 is 0 Å². The molecule has 1 aromatic heterocycles. The van der Waals surface area contributed by atoms with Crippen molar-refractivity contribution in [2.75, 3.05) is 0 Å². The molecule has 33 heavy (non-hydrogen) atoms. The zero-order chi connectivity index (χ0) is 21.8. The van der Waals surface area contributed by atoms with Crippen LogP contribution in [0.1, 0.15) is 28.3 Å². The minimum Gasteiger partial charge on any atom is -0.339 e. The van der Waals surface area contributed by atoms with E-state index in [-0.39, 0.29) is 5.92 Å². The van der Waals surface area contributed by atoms with Crippen LogP contribution in [0.5, 0.6) is 0 Å². The van der Waals surface area contributed by atoms with Crippen LogP contribution in [-0.4, -0.2) is 4.57 Å². The van der Waals surface area contributed by atoms with E-state index in [2.05, 4.69) is 126 Å². The third-order valence-electron chi connectivity index (χ3n) is 7.14. The Labute approximate surface area is 193 Å². The van der Waals surface area contributed by atoms with Gasteiger partial charge in [-0.25, -0.2) is 0 Å². The van der Waals surface area contributed by atoms with Gasteiger partial charge < -0.3 is 4.57 Å². The van der Waals surface area contributed by atoms with Crippen LogP contribution >= 0.6 is 0 Å². The van der Waals surface area contributed by atoms with E-state index in [0.29, 0.717) is 0 Å². The molecule has 1 heteroatoms. The number of para-hydroxylation sites is 1. The monoisotopic (exact) mass is 421 g/mol. The second-order valence-corrected chi connectivity index (χ2v) is 8.94. The molecule has 1 aliphatic carbocycles. The third-order valence-corrected chi connectivity index (χ3v) is 7.14. The Morgan fingerprint density at radius 3 is 2.12 bits per heavy atom. The molecule has 156 valence electrons. The van der Waals surface area contributed by atoms with Crippen LogP contribution in [-0.2, 0) is 6.54 Å². The van der Waals surface area contributed by atoms with E-state index in [4.69, 9.17) is 0 Å². The van der Waals surface area contributed by atoms with Gasteiger partial charge in [-0.2, -0.15) is 0 Å². The largest absolute Gasteiger partial charge is 0.339 e. The molecule has 6 aromatic rings. The number of rotatable bonds is 3. The summed E-state index contributed by atoms with van der Waals surface area (Å²) in [6.07, 6.45) is 0. The normalized spacial score (nSPS) is 14.5. The van der Waals surface area contributed by atoms with Gasteiger partial charge in [-0.3, -0.25) is 0 Å². The predicted molar refractivity (Wildman–Crippen MR) is 138 cm³/mol. The van der Waals surface area contributed by atoms with Crippen LogP contribution in [0.4, 0.5) is 0 Å². The summed E-state index contributed by atoms with van der Waals surface area (Å²) < 4.78 is 2.56. The highest BCUT2D eigenvalue weighted by Crippen LogP contribution is 2.53. The van der Waals surface area contributed by atoms with Crippen molar-refractivity contribution < 1.29 is 0 Å². The molecule has 1 unspecified atom stereocenters. The summed E-state index contributed by atoms with van der Waals surface area (Å²) in [4.78, 5) is 0. The van der Waals surface area contributed by atoms with Crippen molar-refractivity contribution in [2.45, 2.75) is 12.5 Å². The number of hydrogen-bond acceptors (Lipinski definition) is 0. The summed E-state index contributed by atoms with van der Waals surface area (Å²) in [7, 11) is 0. The molecule has 1 aliphatic rings. The Morgan fingerprint density at radius 1 is 0.545 bits per heavy atom. The molecule has 0 spiro atoms. The Balaban J connectivity index is 1.58. The number of benzene rings is 5. The van der Waals surface area contributed by atoms with Crippen molar-refractivity contribution >= 4 is 21.7 Å². The molecule has 1 heterocycles. The fourth-order valence-corrected chi connectivity index (χ4v) is 5.78. The molecule has 0 saturated heterocycles. The minimum atomic E-state index is 0.207. The first kappa shape index (κ1) is 18.5. The Hall–Kier alpha value is -4.10. The van der Waals surface area contributed by atoms with Crippen LogP contribution in [0.25, 0.3) is 32.8 Å². The van der Waals surface area contributed by atoms with E-state index in [9.17, 15) is 0 Å². The smallest absolute Gasteiger partial charge is 0.0511 e. The van der Waals surface area contributed by atoms with Gasteiger partial charge in [0.15, 0.2) is 0 Å². The molecule has 0 saturated carbocycles. The summed E-state index contributed by atoms with van der Waals surface area (Å²) >= 11 is 0. The fourth-order valence-electron chi connectivity index (χ4n) is 5.78. The topological polar surface area (TPSA) is 4.93 Å². The summed E-state index contributed by atoms with van der Waals surface area (Å²) in [5.41, 5.74) is 9.61.